The number of hydrogen-bond acceptors (Lipinski definition) is 25. The van der Waals surface area contributed by atoms with Crippen LogP contribution in [0.2, 0.25) is 10.0 Å². The number of quaternary nitrogens is 1. The summed E-state index contributed by atoms with van der Waals surface area (Å²) in [5.74, 6) is -0.101. The Kier molecular flexibility index (Phi) is 30.3. The summed E-state index contributed by atoms with van der Waals surface area (Å²) in [6, 6.07) is 72.8. The number of thiazole rings is 3. The van der Waals surface area contributed by atoms with Gasteiger partial charge in [-0.1, -0.05) is 203 Å². The molecule has 13 aromatic rings. The molecule has 16 rings (SSSR count). The molecule has 0 amide bonds. The van der Waals surface area contributed by atoms with Crippen molar-refractivity contribution in [3.05, 3.63) is 273 Å². The third kappa shape index (κ3) is 25.3. The summed E-state index contributed by atoms with van der Waals surface area (Å²) < 4.78 is 214. The van der Waals surface area contributed by atoms with E-state index < -0.39 is 89.4 Å². The fourth-order valence-electron chi connectivity index (χ4n) is 14.5. The van der Waals surface area contributed by atoms with Gasteiger partial charge >= 0.3 is 0 Å². The molecule has 27 nitrogen and oxygen atoms in total. The van der Waals surface area contributed by atoms with E-state index in [1.165, 1.54) is 46.9 Å². The Morgan fingerprint density at radius 3 is 1.14 bits per heavy atom. The number of sulfonamides is 2. The summed E-state index contributed by atoms with van der Waals surface area (Å²) >= 11 is 16.7. The second-order valence-electron chi connectivity index (χ2n) is 29.6. The van der Waals surface area contributed by atoms with Gasteiger partial charge in [-0.3, -0.25) is 0 Å². The molecule has 0 saturated carbocycles. The van der Waals surface area contributed by atoms with Crippen molar-refractivity contribution >= 4 is 184 Å². The minimum Gasteiger partial charge on any atom is -0.748 e. The molecule has 0 saturated heterocycles. The van der Waals surface area contributed by atoms with Crippen LogP contribution in [0.1, 0.15) is 55.1 Å². The molecule has 38 heteroatoms. The van der Waals surface area contributed by atoms with Crippen LogP contribution in [0.5, 0.6) is 17.2 Å². The van der Waals surface area contributed by atoms with Crippen LogP contribution in [-0.2, 0) is 80.0 Å². The molecule has 0 bridgehead atoms. The molecule has 0 aliphatic carbocycles. The molecule has 3 aliphatic heterocycles. The zero-order valence-electron chi connectivity index (χ0n) is 69.1. The lowest BCUT2D eigenvalue weighted by atomic mass is 10.0. The van der Waals surface area contributed by atoms with Gasteiger partial charge in [0.2, 0.25) is 44.2 Å². The van der Waals surface area contributed by atoms with Crippen LogP contribution in [0.25, 0.3) is 93.4 Å². The van der Waals surface area contributed by atoms with Crippen molar-refractivity contribution in [1.82, 2.24) is 4.13 Å². The van der Waals surface area contributed by atoms with Gasteiger partial charge in [-0.25, -0.2) is 50.5 Å². The number of halogens is 2. The number of aryl methyl sites for hydroxylation is 2. The number of nitrogens with one attached hydrogen (secondary N) is 2. The molecule has 0 atom stereocenters. The predicted molar refractivity (Wildman–Crippen MR) is 498 cm³/mol. The number of aromatic nitrogens is 3. The molecule has 3 aromatic heterocycles. The van der Waals surface area contributed by atoms with E-state index >= 15 is 0 Å². The molecule has 0 fully saturated rings. The minimum atomic E-state index is -4.52. The Morgan fingerprint density at radius 2 is 0.724 bits per heavy atom. The van der Waals surface area contributed by atoms with E-state index in [-0.39, 0.29) is 44.8 Å². The summed E-state index contributed by atoms with van der Waals surface area (Å²) in [6.07, 6.45) is 6.33. The first kappa shape index (κ1) is 94.5. The quantitative estimate of drug-likeness (QED) is 0.0325. The zero-order valence-corrected chi connectivity index (χ0v) is 78.0. The van der Waals surface area contributed by atoms with Crippen molar-refractivity contribution in [3.8, 4) is 61.8 Å². The third-order valence-corrected chi connectivity index (χ3v) is 30.3. The molecule has 666 valence electrons. The summed E-state index contributed by atoms with van der Waals surface area (Å²) in [6.45, 7) is 11.0. The zero-order chi connectivity index (χ0) is 90.8. The number of nitrogens with zero attached hydrogens (tertiary/aromatic N) is 6. The topological polar surface area (TPSA) is 363 Å². The van der Waals surface area contributed by atoms with Gasteiger partial charge in [0.25, 0.3) is 30.9 Å². The van der Waals surface area contributed by atoms with Gasteiger partial charge in [0.15, 0.2) is 23.8 Å². The molecule has 3 aliphatic rings. The van der Waals surface area contributed by atoms with Crippen LogP contribution in [0, 0.1) is 0 Å². The van der Waals surface area contributed by atoms with Crippen molar-refractivity contribution < 1.29 is 102 Å². The molecule has 127 heavy (non-hydrogen) atoms. The van der Waals surface area contributed by atoms with Crippen molar-refractivity contribution in [1.29, 1.82) is 0 Å². The van der Waals surface area contributed by atoms with Crippen LogP contribution < -0.4 is 51.6 Å². The lowest BCUT2D eigenvalue weighted by Crippen LogP contribution is -3.11. The maximum atomic E-state index is 12.9. The maximum Gasteiger partial charge on any atom is 0.285 e. The van der Waals surface area contributed by atoms with E-state index in [0.29, 0.717) is 72.5 Å². The number of anilines is 3. The SMILES string of the molecule is CC[NH+](CC)CC.CS(=O)(=O)NS(=O)(=O)C[n+]1c(C=C2Oc3ccc(Cl)cc3N2CCCS(=O)(=O)[O-])sc2ccc(-c3ccccc3)cc21.C[n+]1c(C=C2Oc3ccc(-c4ccccc4)cc3N2CCCS(=O)(=O)[O-])sc2ccc(Cl)cc21.O=S(=O)([O-])CCC[n+]1c(C=C2Oc3ccc(-c4ccccc4)cc3N2CCS(=O)(=O)[O-])sc2ccc(-c3ccccc3)cc21. The highest BCUT2D eigenvalue weighted by Crippen LogP contribution is 2.46. The summed E-state index contributed by atoms with van der Waals surface area (Å²) in [5.41, 5.74) is 12.1. The van der Waals surface area contributed by atoms with Crippen LogP contribution in [0.3, 0.4) is 0 Å². The summed E-state index contributed by atoms with van der Waals surface area (Å²) in [7, 11) is -24.2. The number of ether oxygens (including phenoxy) is 3. The van der Waals surface area contributed by atoms with Crippen LogP contribution in [0.4, 0.5) is 17.1 Å². The van der Waals surface area contributed by atoms with Crippen LogP contribution >= 0.6 is 57.2 Å². The monoisotopic (exact) mass is 1930 g/mol. The molecular formula is C89H88Cl2N8O19S9. The van der Waals surface area contributed by atoms with Crippen molar-refractivity contribution in [2.45, 2.75) is 52.5 Å². The highest BCUT2D eigenvalue weighted by atomic mass is 35.5. The van der Waals surface area contributed by atoms with Crippen molar-refractivity contribution in [2.24, 2.45) is 7.05 Å². The Hall–Kier alpha value is -10.1. The fraction of sp³-hybridized carbons (Fsp3) is 0.225. The van der Waals surface area contributed by atoms with E-state index in [4.69, 9.17) is 37.4 Å². The Bertz CT molecular complexity index is 7050. The average Bonchev–Trinajstić information content (AvgIpc) is 1.62. The lowest BCUT2D eigenvalue weighted by Gasteiger charge is -2.19. The van der Waals surface area contributed by atoms with Gasteiger partial charge in [0.05, 0.1) is 107 Å². The van der Waals surface area contributed by atoms with Crippen LogP contribution in [0.15, 0.2) is 248 Å². The van der Waals surface area contributed by atoms with Gasteiger partial charge in [-0.05, 0) is 145 Å². The van der Waals surface area contributed by atoms with Gasteiger partial charge in [0, 0.05) is 71.6 Å². The highest BCUT2D eigenvalue weighted by Gasteiger charge is 2.36. The molecule has 2 N–H and O–H groups in total. The van der Waals surface area contributed by atoms with E-state index in [9.17, 15) is 68.7 Å². The summed E-state index contributed by atoms with van der Waals surface area (Å²) in [5, 5.41) is 3.13. The fourth-order valence-corrected chi connectivity index (χ4v) is 22.6. The maximum absolute atomic E-state index is 12.9. The number of benzene rings is 10. The smallest absolute Gasteiger partial charge is 0.285 e. The second-order valence-corrected chi connectivity index (χ2v) is 43.5. The van der Waals surface area contributed by atoms with Gasteiger partial charge < -0.3 is 52.0 Å². The minimum absolute atomic E-state index is 0.00199. The molecular weight excluding hydrogens is 1840 g/mol. The molecule has 6 heterocycles. The third-order valence-electron chi connectivity index (χ3n) is 20.6. The summed E-state index contributed by atoms with van der Waals surface area (Å²) in [4.78, 5) is 6.94. The molecule has 0 unspecified atom stereocenters. The largest absolute Gasteiger partial charge is 0.748 e. The van der Waals surface area contributed by atoms with E-state index in [1.807, 2.05) is 233 Å². The number of hydrogen-bond donors (Lipinski definition) is 2. The molecule has 0 radical (unpaired) electrons. The van der Waals surface area contributed by atoms with Gasteiger partial charge in [-0.15, -0.1) is 4.13 Å². The van der Waals surface area contributed by atoms with E-state index in [2.05, 4.69) is 20.8 Å². The first-order chi connectivity index (χ1) is 60.3. The van der Waals surface area contributed by atoms with Crippen LogP contribution in [-0.4, -0.2) is 137 Å². The van der Waals surface area contributed by atoms with Gasteiger partial charge in [0.1, 0.15) is 21.1 Å². The van der Waals surface area contributed by atoms with Crippen molar-refractivity contribution in [2.75, 3.05) is 83.2 Å². The standard InChI is InChI=1S/C32H28N2O7S3.C26H24ClN3O8S4.C25H21ClN2O4S2.C6H15N/c35-43(36,37)18-7-16-34-28-21-26(24-10-5-2-6-11-24)13-15-30(28)42-32(34)22-31-33(17-19-44(38,39)40)27-20-25(12-14-29(27)41-31)23-8-3-1-4-9-23;1-40(31,32)28-41(33,34)17-30-22-14-19(18-6-3-2-4-7-18)8-11-24(22)39-26(30)16-25-29(12-5-13-42(35,36)37)21-15-20(27)9-10-23(21)38-25;1-27-21-15-19(26)9-11-23(21)33-25(27)16-24-28(12-5-13-34(29,30)31)20-14-18(8-10-22(20)32-24)17-6-3-2-4-7-17;1-4-7(5-2)6-3/h1-6,8-15,20-22H,7,16-19H2,(H-,35,36,37,38,39,40);2-4,6-11,14-16,28H,5,12-13,17H2,1H3;2-4,6-11,14-16H,5,12-13H2,1H3;4-6H2,1-3H3. The normalized spacial score (nSPS) is 14.3. The highest BCUT2D eigenvalue weighted by molar-refractivity contribution is 8.03. The Labute approximate surface area is 760 Å². The molecule has 10 aromatic carbocycles. The number of fused-ring (bicyclic) bond motifs is 6. The Balaban J connectivity index is 0.000000158. The lowest BCUT2D eigenvalue weighted by molar-refractivity contribution is -0.894. The van der Waals surface area contributed by atoms with Crippen molar-refractivity contribution in [3.63, 3.8) is 0 Å². The Morgan fingerprint density at radius 1 is 0.386 bits per heavy atom. The number of rotatable bonds is 29. The first-order valence-corrected chi connectivity index (χ1v) is 53.0. The van der Waals surface area contributed by atoms with Gasteiger partial charge in [-0.2, -0.15) is 13.7 Å². The second kappa shape index (κ2) is 40.7. The predicted octanol–water partition coefficient (Wildman–Crippen LogP) is 13.8. The molecule has 0 spiro atoms. The first-order valence-electron chi connectivity index (χ1n) is 40.0. The van der Waals surface area contributed by atoms with E-state index in [1.54, 1.807) is 66.6 Å². The average molecular weight is 1930 g/mol. The van der Waals surface area contributed by atoms with E-state index in [0.717, 1.165) is 86.6 Å².